The van der Waals surface area contributed by atoms with E-state index in [-0.39, 0.29) is 5.69 Å². The van der Waals surface area contributed by atoms with Crippen LogP contribution in [0.1, 0.15) is 0 Å². The molecule has 0 unspecified atom stereocenters. The molecule has 0 fully saturated rings. The second kappa shape index (κ2) is 4.57. The average molecular weight is 254 g/mol. The van der Waals surface area contributed by atoms with Crippen molar-refractivity contribution in [3.63, 3.8) is 0 Å². The van der Waals surface area contributed by atoms with Crippen LogP contribution in [-0.2, 0) is 0 Å². The van der Waals surface area contributed by atoms with E-state index in [9.17, 15) is 9.18 Å². The standard InChI is InChI=1S/C15H11FN2O/c16-13-11-8-4-5-9-12(11)18-15(19)14(13)17-10-6-2-1-3-7-10/h1-9,17H,(H,18,19). The zero-order valence-corrected chi connectivity index (χ0v) is 9.98. The summed E-state index contributed by atoms with van der Waals surface area (Å²) in [6, 6.07) is 15.8. The van der Waals surface area contributed by atoms with Crippen molar-refractivity contribution in [2.45, 2.75) is 0 Å². The Bertz CT molecular complexity index is 781. The number of hydrogen-bond donors (Lipinski definition) is 2. The summed E-state index contributed by atoms with van der Waals surface area (Å²) in [5.74, 6) is -0.539. The van der Waals surface area contributed by atoms with E-state index >= 15 is 0 Å². The number of aromatic amines is 1. The van der Waals surface area contributed by atoms with Gasteiger partial charge in [0.25, 0.3) is 5.56 Å². The molecule has 3 nitrogen and oxygen atoms in total. The van der Waals surface area contributed by atoms with E-state index < -0.39 is 11.4 Å². The maximum absolute atomic E-state index is 14.3. The molecule has 0 radical (unpaired) electrons. The van der Waals surface area contributed by atoms with Crippen molar-refractivity contribution in [1.29, 1.82) is 0 Å². The van der Waals surface area contributed by atoms with Gasteiger partial charge in [-0.2, -0.15) is 0 Å². The Hall–Kier alpha value is -2.62. The number of halogens is 1. The number of aromatic nitrogens is 1. The Balaban J connectivity index is 2.16. The first kappa shape index (κ1) is 11.5. The molecule has 0 aliphatic rings. The zero-order chi connectivity index (χ0) is 13.2. The van der Waals surface area contributed by atoms with Gasteiger partial charge in [-0.15, -0.1) is 0 Å². The van der Waals surface area contributed by atoms with Crippen LogP contribution in [0.15, 0.2) is 59.4 Å². The van der Waals surface area contributed by atoms with Crippen LogP contribution in [0.5, 0.6) is 0 Å². The van der Waals surface area contributed by atoms with Crippen LogP contribution < -0.4 is 10.9 Å². The van der Waals surface area contributed by atoms with Gasteiger partial charge in [0, 0.05) is 11.1 Å². The first-order valence-electron chi connectivity index (χ1n) is 5.88. The molecule has 4 heteroatoms. The highest BCUT2D eigenvalue weighted by Gasteiger charge is 2.12. The van der Waals surface area contributed by atoms with Crippen molar-refractivity contribution in [1.82, 2.24) is 4.98 Å². The molecule has 0 atom stereocenters. The first-order chi connectivity index (χ1) is 9.25. The summed E-state index contributed by atoms with van der Waals surface area (Å²) in [6.07, 6.45) is 0. The Morgan fingerprint density at radius 3 is 2.42 bits per heavy atom. The third-order valence-electron chi connectivity index (χ3n) is 2.90. The Morgan fingerprint density at radius 2 is 1.63 bits per heavy atom. The molecule has 94 valence electrons. The predicted octanol–water partition coefficient (Wildman–Crippen LogP) is 3.41. The number of H-pyrrole nitrogens is 1. The van der Waals surface area contributed by atoms with Crippen LogP contribution in [-0.4, -0.2) is 4.98 Å². The van der Waals surface area contributed by atoms with E-state index in [0.717, 1.165) is 0 Å². The molecular formula is C15H11FN2O. The van der Waals surface area contributed by atoms with E-state index in [0.29, 0.717) is 16.6 Å². The fourth-order valence-electron chi connectivity index (χ4n) is 1.98. The predicted molar refractivity (Wildman–Crippen MR) is 74.3 cm³/mol. The smallest absolute Gasteiger partial charge is 0.275 e. The van der Waals surface area contributed by atoms with E-state index in [1.54, 1.807) is 36.4 Å². The van der Waals surface area contributed by atoms with Crippen molar-refractivity contribution < 1.29 is 4.39 Å². The van der Waals surface area contributed by atoms with Crippen molar-refractivity contribution in [3.05, 3.63) is 70.8 Å². The van der Waals surface area contributed by atoms with Gasteiger partial charge in [-0.05, 0) is 24.3 Å². The summed E-state index contributed by atoms with van der Waals surface area (Å²) >= 11 is 0. The van der Waals surface area contributed by atoms with Crippen LogP contribution in [0, 0.1) is 5.82 Å². The number of fused-ring (bicyclic) bond motifs is 1. The third kappa shape index (κ3) is 2.08. The number of para-hydroxylation sites is 2. The lowest BCUT2D eigenvalue weighted by Crippen LogP contribution is -2.14. The van der Waals surface area contributed by atoms with Gasteiger partial charge in [-0.25, -0.2) is 4.39 Å². The zero-order valence-electron chi connectivity index (χ0n) is 9.98. The van der Waals surface area contributed by atoms with Crippen LogP contribution in [0.25, 0.3) is 10.9 Å². The normalized spacial score (nSPS) is 10.6. The number of nitrogens with one attached hydrogen (secondary N) is 2. The number of rotatable bonds is 2. The monoisotopic (exact) mass is 254 g/mol. The molecule has 0 amide bonds. The minimum absolute atomic E-state index is 0.0649. The molecule has 3 aromatic rings. The molecule has 0 saturated heterocycles. The van der Waals surface area contributed by atoms with Gasteiger partial charge in [0.1, 0.15) is 5.69 Å². The molecule has 2 N–H and O–H groups in total. The maximum atomic E-state index is 14.3. The van der Waals surface area contributed by atoms with E-state index in [4.69, 9.17) is 0 Å². The summed E-state index contributed by atoms with van der Waals surface area (Å²) in [5.41, 5.74) is 0.621. The quantitative estimate of drug-likeness (QED) is 0.736. The lowest BCUT2D eigenvalue weighted by atomic mass is 10.2. The summed E-state index contributed by atoms with van der Waals surface area (Å²) in [5, 5.41) is 3.20. The second-order valence-corrected chi connectivity index (χ2v) is 4.18. The number of benzene rings is 2. The lowest BCUT2D eigenvalue weighted by Gasteiger charge is -2.08. The molecule has 0 aliphatic heterocycles. The van der Waals surface area contributed by atoms with Gasteiger partial charge >= 0.3 is 0 Å². The SMILES string of the molecule is O=c1[nH]c2ccccc2c(F)c1Nc1ccccc1. The van der Waals surface area contributed by atoms with Crippen LogP contribution in [0.3, 0.4) is 0 Å². The molecule has 0 aliphatic carbocycles. The molecule has 0 saturated carbocycles. The molecule has 0 spiro atoms. The van der Waals surface area contributed by atoms with Crippen molar-refractivity contribution in [2.75, 3.05) is 5.32 Å². The second-order valence-electron chi connectivity index (χ2n) is 4.18. The van der Waals surface area contributed by atoms with Gasteiger partial charge < -0.3 is 10.3 Å². The highest BCUT2D eigenvalue weighted by Crippen LogP contribution is 2.22. The molecule has 1 aromatic heterocycles. The molecule has 0 bridgehead atoms. The van der Waals surface area contributed by atoms with Crippen LogP contribution >= 0.6 is 0 Å². The van der Waals surface area contributed by atoms with Gasteiger partial charge in [0.05, 0.1) is 5.52 Å². The summed E-state index contributed by atoms with van der Waals surface area (Å²) in [4.78, 5) is 14.6. The van der Waals surface area contributed by atoms with Gasteiger partial charge in [-0.1, -0.05) is 30.3 Å². The van der Waals surface area contributed by atoms with Crippen LogP contribution in [0.4, 0.5) is 15.8 Å². The molecule has 3 rings (SSSR count). The average Bonchev–Trinajstić information content (AvgIpc) is 2.45. The summed E-state index contributed by atoms with van der Waals surface area (Å²) in [7, 11) is 0. The Kier molecular flexibility index (Phi) is 2.76. The minimum Gasteiger partial charge on any atom is -0.349 e. The molecule has 1 heterocycles. The number of hydrogen-bond acceptors (Lipinski definition) is 2. The van der Waals surface area contributed by atoms with Crippen molar-refractivity contribution >= 4 is 22.3 Å². The maximum Gasteiger partial charge on any atom is 0.275 e. The molecule has 2 aromatic carbocycles. The van der Waals surface area contributed by atoms with Crippen LogP contribution in [0.2, 0.25) is 0 Å². The van der Waals surface area contributed by atoms with Crippen molar-refractivity contribution in [2.24, 2.45) is 0 Å². The lowest BCUT2D eigenvalue weighted by molar-refractivity contribution is 0.641. The van der Waals surface area contributed by atoms with Crippen molar-refractivity contribution in [3.8, 4) is 0 Å². The van der Waals surface area contributed by atoms with Gasteiger partial charge in [-0.3, -0.25) is 4.79 Å². The first-order valence-corrected chi connectivity index (χ1v) is 5.88. The fourth-order valence-corrected chi connectivity index (χ4v) is 1.98. The number of anilines is 2. The Morgan fingerprint density at radius 1 is 0.947 bits per heavy atom. The minimum atomic E-state index is -0.539. The largest absolute Gasteiger partial charge is 0.349 e. The molecule has 19 heavy (non-hydrogen) atoms. The fraction of sp³-hybridized carbons (Fsp3) is 0. The molecular weight excluding hydrogens is 243 g/mol. The van der Waals surface area contributed by atoms with E-state index in [2.05, 4.69) is 10.3 Å². The van der Waals surface area contributed by atoms with E-state index in [1.807, 2.05) is 18.2 Å². The Labute approximate surface area is 108 Å². The number of pyridine rings is 1. The highest BCUT2D eigenvalue weighted by atomic mass is 19.1. The summed E-state index contributed by atoms with van der Waals surface area (Å²) < 4.78 is 14.3. The van der Waals surface area contributed by atoms with E-state index in [1.165, 1.54) is 0 Å². The third-order valence-corrected chi connectivity index (χ3v) is 2.90. The highest BCUT2D eigenvalue weighted by molar-refractivity contribution is 5.83. The topological polar surface area (TPSA) is 44.9 Å². The van der Waals surface area contributed by atoms with Gasteiger partial charge in [0.2, 0.25) is 0 Å². The summed E-state index contributed by atoms with van der Waals surface area (Å²) in [6.45, 7) is 0. The van der Waals surface area contributed by atoms with Gasteiger partial charge in [0.15, 0.2) is 5.82 Å².